The number of hydrogen-bond acceptors (Lipinski definition) is 6. The number of carbonyl (C=O) groups is 1. The Morgan fingerprint density at radius 1 is 1.19 bits per heavy atom. The van der Waals surface area contributed by atoms with Gasteiger partial charge < -0.3 is 14.8 Å². The van der Waals surface area contributed by atoms with Crippen molar-refractivity contribution in [1.82, 2.24) is 19.7 Å². The second kappa shape index (κ2) is 9.75. The molecule has 0 saturated heterocycles. The summed E-state index contributed by atoms with van der Waals surface area (Å²) in [6.45, 7) is 3.80. The molecular formula is C22H25N5O4. The zero-order valence-corrected chi connectivity index (χ0v) is 17.9. The van der Waals surface area contributed by atoms with Gasteiger partial charge >= 0.3 is 0 Å². The molecule has 2 N–H and O–H groups in total. The minimum Gasteiger partial charge on any atom is -0.493 e. The minimum atomic E-state index is -0.358. The zero-order chi connectivity index (χ0) is 22.4. The molecule has 1 aromatic carbocycles. The topological polar surface area (TPSA) is 111 Å². The maximum absolute atomic E-state index is 12.5. The van der Waals surface area contributed by atoms with Gasteiger partial charge in [0.1, 0.15) is 5.82 Å². The summed E-state index contributed by atoms with van der Waals surface area (Å²) in [4.78, 5) is 31.6. The lowest BCUT2D eigenvalue weighted by atomic mass is 10.2. The van der Waals surface area contributed by atoms with Gasteiger partial charge in [0.2, 0.25) is 11.9 Å². The van der Waals surface area contributed by atoms with Gasteiger partial charge in [-0.15, -0.1) is 0 Å². The predicted molar refractivity (Wildman–Crippen MR) is 118 cm³/mol. The molecule has 0 aliphatic rings. The molecule has 2 aromatic heterocycles. The summed E-state index contributed by atoms with van der Waals surface area (Å²) >= 11 is 0. The Hall–Kier alpha value is -3.88. The smallest absolute Gasteiger partial charge is 0.252 e. The molecule has 0 atom stereocenters. The van der Waals surface area contributed by atoms with E-state index in [0.717, 1.165) is 12.0 Å². The van der Waals surface area contributed by atoms with Gasteiger partial charge in [-0.1, -0.05) is 19.4 Å². The van der Waals surface area contributed by atoms with Crippen molar-refractivity contribution in [3.05, 3.63) is 63.7 Å². The highest BCUT2D eigenvalue weighted by Crippen LogP contribution is 2.28. The maximum atomic E-state index is 12.5. The maximum Gasteiger partial charge on any atom is 0.252 e. The largest absolute Gasteiger partial charge is 0.493 e. The van der Waals surface area contributed by atoms with Gasteiger partial charge in [-0.3, -0.25) is 14.6 Å². The van der Waals surface area contributed by atoms with E-state index in [9.17, 15) is 9.59 Å². The number of hydrogen-bond donors (Lipinski definition) is 2. The normalized spacial score (nSPS) is 11.0. The van der Waals surface area contributed by atoms with Crippen molar-refractivity contribution in [1.29, 1.82) is 0 Å². The Morgan fingerprint density at radius 2 is 1.97 bits per heavy atom. The van der Waals surface area contributed by atoms with E-state index in [1.165, 1.54) is 16.8 Å². The molecule has 9 nitrogen and oxygen atoms in total. The number of aromatic nitrogens is 4. The van der Waals surface area contributed by atoms with E-state index < -0.39 is 0 Å². The molecule has 0 aliphatic heterocycles. The predicted octanol–water partition coefficient (Wildman–Crippen LogP) is 2.89. The molecule has 31 heavy (non-hydrogen) atoms. The zero-order valence-electron chi connectivity index (χ0n) is 17.9. The molecule has 0 aliphatic carbocycles. The van der Waals surface area contributed by atoms with E-state index in [2.05, 4.69) is 20.4 Å². The molecule has 3 rings (SSSR count). The lowest BCUT2D eigenvalue weighted by Crippen LogP contribution is -2.18. The van der Waals surface area contributed by atoms with Gasteiger partial charge in [0.25, 0.3) is 5.56 Å². The number of benzene rings is 1. The third kappa shape index (κ3) is 5.39. The van der Waals surface area contributed by atoms with Crippen molar-refractivity contribution in [3.63, 3.8) is 0 Å². The van der Waals surface area contributed by atoms with E-state index in [4.69, 9.17) is 9.47 Å². The molecule has 2 heterocycles. The Bertz CT molecular complexity index is 1160. The van der Waals surface area contributed by atoms with Gasteiger partial charge in [0.05, 0.1) is 19.9 Å². The quantitative estimate of drug-likeness (QED) is 0.539. The summed E-state index contributed by atoms with van der Waals surface area (Å²) in [5.74, 6) is 1.47. The molecule has 0 radical (unpaired) electrons. The van der Waals surface area contributed by atoms with Crippen LogP contribution in [0.25, 0.3) is 12.0 Å². The molecule has 0 unspecified atom stereocenters. The van der Waals surface area contributed by atoms with E-state index in [1.54, 1.807) is 45.4 Å². The number of methoxy groups -OCH3 is 2. The van der Waals surface area contributed by atoms with Crippen LogP contribution in [0.4, 0.5) is 5.82 Å². The van der Waals surface area contributed by atoms with Crippen LogP contribution in [0.15, 0.2) is 41.2 Å². The average Bonchev–Trinajstić information content (AvgIpc) is 3.11. The van der Waals surface area contributed by atoms with Gasteiger partial charge in [-0.25, -0.2) is 4.98 Å². The fourth-order valence-corrected chi connectivity index (χ4v) is 3.02. The average molecular weight is 423 g/mol. The van der Waals surface area contributed by atoms with Crippen LogP contribution in [-0.2, 0) is 11.2 Å². The third-order valence-corrected chi connectivity index (χ3v) is 4.41. The molecule has 0 fully saturated rings. The summed E-state index contributed by atoms with van der Waals surface area (Å²) in [6.07, 6.45) is 4.59. The molecule has 1 amide bonds. The van der Waals surface area contributed by atoms with Crippen LogP contribution in [0.1, 0.15) is 30.3 Å². The van der Waals surface area contributed by atoms with Gasteiger partial charge in [0.15, 0.2) is 11.5 Å². The number of carbonyl (C=O) groups excluding carboxylic acids is 1. The molecule has 0 bridgehead atoms. The lowest BCUT2D eigenvalue weighted by molar-refractivity contribution is -0.111. The first-order valence-electron chi connectivity index (χ1n) is 9.82. The number of anilines is 1. The Kier molecular flexibility index (Phi) is 6.86. The lowest BCUT2D eigenvalue weighted by Gasteiger charge is -2.08. The number of nitrogens with zero attached hydrogens (tertiary/aromatic N) is 3. The number of ether oxygens (including phenoxy) is 2. The Morgan fingerprint density at radius 3 is 2.68 bits per heavy atom. The molecule has 0 saturated carbocycles. The Labute approximate surface area is 179 Å². The fourth-order valence-electron chi connectivity index (χ4n) is 3.02. The van der Waals surface area contributed by atoms with Crippen LogP contribution >= 0.6 is 0 Å². The first-order chi connectivity index (χ1) is 14.9. The number of amides is 1. The van der Waals surface area contributed by atoms with Crippen molar-refractivity contribution < 1.29 is 14.3 Å². The van der Waals surface area contributed by atoms with Crippen LogP contribution in [0.5, 0.6) is 11.5 Å². The number of nitrogens with one attached hydrogen (secondary N) is 2. The van der Waals surface area contributed by atoms with Crippen LogP contribution in [-0.4, -0.2) is 39.9 Å². The van der Waals surface area contributed by atoms with Gasteiger partial charge in [0, 0.05) is 23.9 Å². The molecule has 0 spiro atoms. The molecule has 9 heteroatoms. The van der Waals surface area contributed by atoms with Crippen molar-refractivity contribution in [2.24, 2.45) is 0 Å². The summed E-state index contributed by atoms with van der Waals surface area (Å²) in [6, 6.07) is 8.51. The van der Waals surface area contributed by atoms with Crippen LogP contribution in [0.3, 0.4) is 0 Å². The van der Waals surface area contributed by atoms with E-state index in [-0.39, 0.29) is 17.4 Å². The highest BCUT2D eigenvalue weighted by molar-refractivity contribution is 6.01. The van der Waals surface area contributed by atoms with E-state index in [0.29, 0.717) is 35.1 Å². The monoisotopic (exact) mass is 423 g/mol. The van der Waals surface area contributed by atoms with Crippen molar-refractivity contribution in [2.45, 2.75) is 26.7 Å². The summed E-state index contributed by atoms with van der Waals surface area (Å²) in [7, 11) is 3.11. The molecular weight excluding hydrogens is 398 g/mol. The first kappa shape index (κ1) is 21.8. The second-order valence-corrected chi connectivity index (χ2v) is 6.83. The summed E-state index contributed by atoms with van der Waals surface area (Å²) < 4.78 is 11.9. The standard InChI is InChI=1S/C22H25N5O4/c1-5-6-16-13-21(29)25-22(23-16)27-19(11-14(2)26-27)24-20(28)10-8-15-7-9-17(30-3)18(12-15)31-4/h7-13H,5-6H2,1-4H3,(H,24,28)(H,23,25,29). The van der Waals surface area contributed by atoms with E-state index in [1.807, 2.05) is 13.0 Å². The summed E-state index contributed by atoms with van der Waals surface area (Å²) in [5.41, 5.74) is 1.84. The number of H-pyrrole nitrogens is 1. The van der Waals surface area contributed by atoms with Crippen molar-refractivity contribution >= 4 is 17.8 Å². The van der Waals surface area contributed by atoms with Crippen LogP contribution in [0.2, 0.25) is 0 Å². The number of aryl methyl sites for hydroxylation is 2. The third-order valence-electron chi connectivity index (χ3n) is 4.41. The highest BCUT2D eigenvalue weighted by atomic mass is 16.5. The first-order valence-corrected chi connectivity index (χ1v) is 9.82. The Balaban J connectivity index is 1.82. The van der Waals surface area contributed by atoms with E-state index >= 15 is 0 Å². The number of aromatic amines is 1. The SMILES string of the molecule is CCCc1cc(=O)[nH]c(-n2nc(C)cc2NC(=O)C=Cc2ccc(OC)c(OC)c2)n1. The summed E-state index contributed by atoms with van der Waals surface area (Å²) in [5, 5.41) is 7.13. The number of rotatable bonds is 8. The van der Waals surface area contributed by atoms with Gasteiger partial charge in [-0.2, -0.15) is 9.78 Å². The van der Waals surface area contributed by atoms with Crippen molar-refractivity contribution in [2.75, 3.05) is 19.5 Å². The minimum absolute atomic E-state index is 0.253. The highest BCUT2D eigenvalue weighted by Gasteiger charge is 2.13. The van der Waals surface area contributed by atoms with Gasteiger partial charge in [-0.05, 0) is 37.1 Å². The van der Waals surface area contributed by atoms with Crippen LogP contribution in [0, 0.1) is 6.92 Å². The molecule has 162 valence electrons. The van der Waals surface area contributed by atoms with Crippen LogP contribution < -0.4 is 20.3 Å². The fraction of sp³-hybridized carbons (Fsp3) is 0.273. The molecule has 3 aromatic rings. The second-order valence-electron chi connectivity index (χ2n) is 6.83. The van der Waals surface area contributed by atoms with Crippen molar-refractivity contribution in [3.8, 4) is 17.4 Å².